The van der Waals surface area contributed by atoms with Gasteiger partial charge in [0.05, 0.1) is 5.69 Å². The van der Waals surface area contributed by atoms with Gasteiger partial charge in [-0.15, -0.1) is 0 Å². The standard InChI is InChI=1S/C23H17ClFNO2/c1-14(27)23-22(18-4-2-3-5-21(18)28)19-12-16(24)8-11-20(19)26(23)13-15-6-9-17(25)10-7-15/h2-4,6-12H,5,13H2,1H3. The SMILES string of the molecule is CC(=O)c1c(C2=CC=CCC2=O)c2cc(Cl)ccc2n1Cc1ccc(F)cc1. The molecular weight excluding hydrogens is 377 g/mol. The molecule has 1 aliphatic rings. The molecule has 0 fully saturated rings. The van der Waals surface area contributed by atoms with Crippen molar-refractivity contribution in [2.75, 3.05) is 0 Å². The molecule has 0 amide bonds. The first kappa shape index (κ1) is 18.4. The Morgan fingerprint density at radius 1 is 1.18 bits per heavy atom. The van der Waals surface area contributed by atoms with Crippen LogP contribution in [0.15, 0.2) is 60.7 Å². The van der Waals surface area contributed by atoms with E-state index in [1.165, 1.54) is 19.1 Å². The molecule has 5 heteroatoms. The van der Waals surface area contributed by atoms with E-state index in [1.807, 2.05) is 16.7 Å². The van der Waals surface area contributed by atoms with Crippen molar-refractivity contribution in [3.05, 3.63) is 88.4 Å². The highest BCUT2D eigenvalue weighted by Crippen LogP contribution is 2.36. The van der Waals surface area contributed by atoms with E-state index in [-0.39, 0.29) is 17.4 Å². The molecule has 1 aliphatic carbocycles. The van der Waals surface area contributed by atoms with Gasteiger partial charge in [-0.25, -0.2) is 4.39 Å². The zero-order valence-corrected chi connectivity index (χ0v) is 16.0. The maximum absolute atomic E-state index is 13.3. The number of hydrogen-bond acceptors (Lipinski definition) is 2. The number of benzene rings is 2. The van der Waals surface area contributed by atoms with Crippen LogP contribution in [-0.4, -0.2) is 16.1 Å². The highest BCUT2D eigenvalue weighted by atomic mass is 35.5. The molecule has 2 aromatic carbocycles. The van der Waals surface area contributed by atoms with Crippen LogP contribution in [0.3, 0.4) is 0 Å². The number of fused-ring (bicyclic) bond motifs is 1. The number of rotatable bonds is 4. The Morgan fingerprint density at radius 2 is 1.93 bits per heavy atom. The summed E-state index contributed by atoms with van der Waals surface area (Å²) in [5.74, 6) is -0.497. The molecule has 0 atom stereocenters. The fourth-order valence-corrected chi connectivity index (χ4v) is 3.84. The lowest BCUT2D eigenvalue weighted by Crippen LogP contribution is -2.12. The highest BCUT2D eigenvalue weighted by Gasteiger charge is 2.26. The van der Waals surface area contributed by atoms with Gasteiger partial charge >= 0.3 is 0 Å². The molecule has 0 bridgehead atoms. The lowest BCUT2D eigenvalue weighted by atomic mass is 9.93. The van der Waals surface area contributed by atoms with E-state index in [9.17, 15) is 14.0 Å². The fourth-order valence-electron chi connectivity index (χ4n) is 3.67. The summed E-state index contributed by atoms with van der Waals surface area (Å²) in [5, 5.41) is 1.29. The third kappa shape index (κ3) is 3.20. The predicted molar refractivity (Wildman–Crippen MR) is 109 cm³/mol. The van der Waals surface area contributed by atoms with Crippen LogP contribution in [0.2, 0.25) is 5.02 Å². The second-order valence-electron chi connectivity index (χ2n) is 6.79. The minimum absolute atomic E-state index is 0.0363. The average molecular weight is 394 g/mol. The molecule has 28 heavy (non-hydrogen) atoms. The Kier molecular flexibility index (Phi) is 4.73. The van der Waals surface area contributed by atoms with Crippen molar-refractivity contribution < 1.29 is 14.0 Å². The highest BCUT2D eigenvalue weighted by molar-refractivity contribution is 6.32. The van der Waals surface area contributed by atoms with Crippen LogP contribution in [0.25, 0.3) is 16.5 Å². The number of carbonyl (C=O) groups is 2. The molecule has 3 aromatic rings. The average Bonchev–Trinajstić information content (AvgIpc) is 2.97. The van der Waals surface area contributed by atoms with Gasteiger partial charge in [0, 0.05) is 47.0 Å². The quantitative estimate of drug-likeness (QED) is 0.541. The first-order valence-corrected chi connectivity index (χ1v) is 9.31. The van der Waals surface area contributed by atoms with Crippen molar-refractivity contribution in [1.29, 1.82) is 0 Å². The summed E-state index contributed by atoms with van der Waals surface area (Å²) in [7, 11) is 0. The van der Waals surface area contributed by atoms with Gasteiger partial charge in [0.1, 0.15) is 5.82 Å². The molecule has 4 rings (SSSR count). The molecule has 0 saturated carbocycles. The molecule has 1 heterocycles. The van der Waals surface area contributed by atoms with Crippen LogP contribution in [0, 0.1) is 5.82 Å². The molecule has 0 saturated heterocycles. The van der Waals surface area contributed by atoms with E-state index in [0.29, 0.717) is 34.8 Å². The third-order valence-corrected chi connectivity index (χ3v) is 5.12. The number of halogens is 2. The van der Waals surface area contributed by atoms with Crippen molar-refractivity contribution in [1.82, 2.24) is 4.57 Å². The van der Waals surface area contributed by atoms with E-state index < -0.39 is 0 Å². The Balaban J connectivity index is 2.01. The van der Waals surface area contributed by atoms with E-state index in [2.05, 4.69) is 0 Å². The summed E-state index contributed by atoms with van der Waals surface area (Å²) in [5.41, 5.74) is 3.24. The third-order valence-electron chi connectivity index (χ3n) is 4.88. The summed E-state index contributed by atoms with van der Waals surface area (Å²) in [6.07, 6.45) is 5.67. The first-order valence-electron chi connectivity index (χ1n) is 8.93. The smallest absolute Gasteiger partial charge is 0.176 e. The number of ketones is 2. The number of carbonyl (C=O) groups excluding carboxylic acids is 2. The van der Waals surface area contributed by atoms with E-state index in [1.54, 1.807) is 36.4 Å². The van der Waals surface area contributed by atoms with E-state index in [4.69, 9.17) is 11.6 Å². The lowest BCUT2D eigenvalue weighted by molar-refractivity contribution is -0.113. The Labute approximate surface area is 166 Å². The maximum Gasteiger partial charge on any atom is 0.176 e. The molecule has 140 valence electrons. The van der Waals surface area contributed by atoms with Crippen molar-refractivity contribution in [3.63, 3.8) is 0 Å². The van der Waals surface area contributed by atoms with Gasteiger partial charge in [-0.1, -0.05) is 42.0 Å². The van der Waals surface area contributed by atoms with Crippen LogP contribution in [0.4, 0.5) is 4.39 Å². The van der Waals surface area contributed by atoms with Gasteiger partial charge in [-0.2, -0.15) is 0 Å². The largest absolute Gasteiger partial charge is 0.333 e. The predicted octanol–water partition coefficient (Wildman–Crippen LogP) is 5.60. The van der Waals surface area contributed by atoms with Crippen LogP contribution >= 0.6 is 11.6 Å². The minimum Gasteiger partial charge on any atom is -0.333 e. The summed E-state index contributed by atoms with van der Waals surface area (Å²) >= 11 is 6.23. The van der Waals surface area contributed by atoms with Crippen LogP contribution < -0.4 is 0 Å². The Hall–Kier alpha value is -2.98. The molecule has 1 aromatic heterocycles. The van der Waals surface area contributed by atoms with Crippen molar-refractivity contribution in [3.8, 4) is 0 Å². The summed E-state index contributed by atoms with van der Waals surface area (Å²) < 4.78 is 15.2. The van der Waals surface area contributed by atoms with Crippen LogP contribution in [0.5, 0.6) is 0 Å². The zero-order chi connectivity index (χ0) is 19.8. The Bertz CT molecular complexity index is 1170. The Morgan fingerprint density at radius 3 is 2.61 bits per heavy atom. The molecule has 0 radical (unpaired) electrons. The normalized spacial score (nSPS) is 13.8. The fraction of sp³-hybridized carbons (Fsp3) is 0.130. The van der Waals surface area contributed by atoms with Crippen LogP contribution in [0.1, 0.15) is 35.0 Å². The number of nitrogens with zero attached hydrogens (tertiary/aromatic N) is 1. The minimum atomic E-state index is -0.315. The summed E-state index contributed by atoms with van der Waals surface area (Å²) in [6.45, 7) is 1.87. The first-order chi connectivity index (χ1) is 13.5. The van der Waals surface area contributed by atoms with Crippen molar-refractivity contribution in [2.45, 2.75) is 19.9 Å². The molecule has 0 spiro atoms. The number of hydrogen-bond donors (Lipinski definition) is 0. The topological polar surface area (TPSA) is 39.1 Å². The summed E-state index contributed by atoms with van der Waals surface area (Å²) in [4.78, 5) is 25.3. The van der Waals surface area contributed by atoms with Gasteiger partial charge in [0.2, 0.25) is 0 Å². The zero-order valence-electron chi connectivity index (χ0n) is 15.2. The second-order valence-corrected chi connectivity index (χ2v) is 7.23. The molecule has 0 unspecified atom stereocenters. The van der Waals surface area contributed by atoms with Crippen LogP contribution in [-0.2, 0) is 11.3 Å². The number of allylic oxidation sites excluding steroid dienone is 4. The van der Waals surface area contributed by atoms with E-state index >= 15 is 0 Å². The molecule has 3 nitrogen and oxygen atoms in total. The number of Topliss-reactive ketones (excluding diaryl/α,β-unsaturated/α-hetero) is 2. The summed E-state index contributed by atoms with van der Waals surface area (Å²) in [6, 6.07) is 11.6. The van der Waals surface area contributed by atoms with Crippen molar-refractivity contribution in [2.24, 2.45) is 0 Å². The van der Waals surface area contributed by atoms with Gasteiger partial charge in [0.25, 0.3) is 0 Å². The lowest BCUT2D eigenvalue weighted by Gasteiger charge is -2.12. The molecule has 0 aliphatic heterocycles. The van der Waals surface area contributed by atoms with E-state index in [0.717, 1.165) is 16.5 Å². The second kappa shape index (κ2) is 7.21. The van der Waals surface area contributed by atoms with Gasteiger partial charge in [-0.3, -0.25) is 9.59 Å². The van der Waals surface area contributed by atoms with Gasteiger partial charge in [0.15, 0.2) is 11.6 Å². The maximum atomic E-state index is 13.3. The monoisotopic (exact) mass is 393 g/mol. The van der Waals surface area contributed by atoms with Crippen molar-refractivity contribution >= 4 is 39.6 Å². The van der Waals surface area contributed by atoms with Gasteiger partial charge < -0.3 is 4.57 Å². The van der Waals surface area contributed by atoms with Gasteiger partial charge in [-0.05, 0) is 35.9 Å². The number of aromatic nitrogens is 1. The molecular formula is C23H17ClFNO2. The molecule has 0 N–H and O–H groups in total.